The zero-order chi connectivity index (χ0) is 38.0. The fourth-order valence-electron chi connectivity index (χ4n) is 6.12. The van der Waals surface area contributed by atoms with Gasteiger partial charge in [-0.2, -0.15) is 0 Å². The van der Waals surface area contributed by atoms with E-state index in [1.807, 2.05) is 98.9 Å². The summed E-state index contributed by atoms with van der Waals surface area (Å²) in [6.45, 7) is 14.1. The minimum absolute atomic E-state index is 0.0945. The second-order valence-corrected chi connectivity index (χ2v) is 14.6. The van der Waals surface area contributed by atoms with Crippen LogP contribution in [0.4, 0.5) is 22.7 Å². The molecule has 0 fully saturated rings. The van der Waals surface area contributed by atoms with Crippen LogP contribution in [0.3, 0.4) is 0 Å². The Morgan fingerprint density at radius 1 is 0.755 bits per heavy atom. The fraction of sp³-hybridized carbons (Fsp3) is 0.304. The number of hydrogen-bond donors (Lipinski definition) is 1. The topological polar surface area (TPSA) is 78.4 Å². The Bertz CT molecular complexity index is 2140. The number of carbonyl (C=O) groups is 2. The van der Waals surface area contributed by atoms with E-state index in [4.69, 9.17) is 0 Å². The molecule has 0 aliphatic heterocycles. The van der Waals surface area contributed by atoms with E-state index in [2.05, 4.69) is 79.1 Å². The van der Waals surface area contributed by atoms with Crippen LogP contribution in [-0.4, -0.2) is 35.4 Å². The number of pyridine rings is 2. The fourth-order valence-corrected chi connectivity index (χ4v) is 6.12. The maximum absolute atomic E-state index is 12.9. The Morgan fingerprint density at radius 2 is 1.36 bits per heavy atom. The van der Waals surface area contributed by atoms with Crippen molar-refractivity contribution in [2.75, 3.05) is 28.7 Å². The summed E-state index contributed by atoms with van der Waals surface area (Å²) >= 11 is 0. The highest BCUT2D eigenvalue weighted by molar-refractivity contribution is 6.08. The van der Waals surface area contributed by atoms with Gasteiger partial charge in [0.25, 0.3) is 5.91 Å². The average molecular weight is 708 g/mol. The summed E-state index contributed by atoms with van der Waals surface area (Å²) in [6, 6.07) is 35.9. The van der Waals surface area contributed by atoms with Crippen molar-refractivity contribution in [1.82, 2.24) is 9.97 Å². The van der Waals surface area contributed by atoms with Gasteiger partial charge in [0.15, 0.2) is 0 Å². The molecule has 53 heavy (non-hydrogen) atoms. The van der Waals surface area contributed by atoms with Crippen LogP contribution >= 0.6 is 0 Å². The Kier molecular flexibility index (Phi) is 13.0. The number of rotatable bonds is 12. The van der Waals surface area contributed by atoms with E-state index in [0.717, 1.165) is 64.7 Å². The molecule has 6 aromatic rings. The summed E-state index contributed by atoms with van der Waals surface area (Å²) in [5, 5.41) is 5.02. The summed E-state index contributed by atoms with van der Waals surface area (Å²) in [5.41, 5.74) is 7.29. The Labute approximate surface area is 315 Å². The van der Waals surface area contributed by atoms with Crippen molar-refractivity contribution >= 4 is 56.4 Å². The summed E-state index contributed by atoms with van der Waals surface area (Å²) in [7, 11) is 2.03. The molecule has 0 unspecified atom stereocenters. The van der Waals surface area contributed by atoms with Gasteiger partial charge in [-0.25, -0.2) is 0 Å². The first-order valence-corrected chi connectivity index (χ1v) is 18.7. The van der Waals surface area contributed by atoms with Crippen LogP contribution in [0.15, 0.2) is 122 Å². The molecule has 2 heterocycles. The number of benzene rings is 4. The van der Waals surface area contributed by atoms with Crippen LogP contribution < -0.4 is 15.1 Å². The number of amides is 2. The molecule has 6 rings (SSSR count). The number of nitrogens with zero attached hydrogens (tertiary/aromatic N) is 4. The van der Waals surface area contributed by atoms with Crippen molar-refractivity contribution < 1.29 is 9.59 Å². The molecule has 0 aliphatic rings. The highest BCUT2D eigenvalue weighted by Crippen LogP contribution is 2.32. The van der Waals surface area contributed by atoms with Crippen molar-refractivity contribution in [3.63, 3.8) is 0 Å². The first kappa shape index (κ1) is 38.7. The van der Waals surface area contributed by atoms with E-state index in [1.54, 1.807) is 17.3 Å². The van der Waals surface area contributed by atoms with Crippen molar-refractivity contribution in [3.8, 4) is 0 Å². The molecule has 1 N–H and O–H groups in total. The molecule has 2 amide bonds. The Hall–Kier alpha value is -5.56. The first-order valence-electron chi connectivity index (χ1n) is 18.7. The predicted molar refractivity (Wildman–Crippen MR) is 222 cm³/mol. The van der Waals surface area contributed by atoms with Crippen LogP contribution in [0.2, 0.25) is 0 Å². The lowest BCUT2D eigenvalue weighted by Crippen LogP contribution is -2.26. The molecule has 274 valence electrons. The molecular formula is C46H53N5O2. The number of para-hydroxylation sites is 3. The van der Waals surface area contributed by atoms with Gasteiger partial charge in [0.2, 0.25) is 5.91 Å². The minimum atomic E-state index is -0.117. The van der Waals surface area contributed by atoms with E-state index in [0.29, 0.717) is 23.6 Å². The van der Waals surface area contributed by atoms with Crippen LogP contribution in [0, 0.1) is 5.92 Å². The normalized spacial score (nSPS) is 11.2. The number of aromatic nitrogens is 2. The van der Waals surface area contributed by atoms with Gasteiger partial charge < -0.3 is 10.2 Å². The number of fused-ring (bicyclic) bond motifs is 2. The lowest BCUT2D eigenvalue weighted by Gasteiger charge is -2.26. The Morgan fingerprint density at radius 3 is 2.00 bits per heavy atom. The van der Waals surface area contributed by atoms with Crippen molar-refractivity contribution in [3.05, 3.63) is 133 Å². The molecule has 0 saturated carbocycles. The van der Waals surface area contributed by atoms with E-state index in [1.165, 1.54) is 5.56 Å². The largest absolute Gasteiger partial charge is 0.374 e. The molecule has 0 bridgehead atoms. The predicted octanol–water partition coefficient (Wildman–Crippen LogP) is 11.4. The highest BCUT2D eigenvalue weighted by Gasteiger charge is 2.21. The summed E-state index contributed by atoms with van der Waals surface area (Å²) in [5.74, 6) is 0.605. The molecule has 7 heteroatoms. The number of carbonyl (C=O) groups excluding carboxylic acids is 2. The third-order valence-corrected chi connectivity index (χ3v) is 9.79. The van der Waals surface area contributed by atoms with Gasteiger partial charge in [0, 0.05) is 42.2 Å². The molecule has 0 atom stereocenters. The monoisotopic (exact) mass is 707 g/mol. The van der Waals surface area contributed by atoms with Gasteiger partial charge in [-0.05, 0) is 84.7 Å². The second kappa shape index (κ2) is 17.8. The van der Waals surface area contributed by atoms with Gasteiger partial charge in [-0.15, -0.1) is 0 Å². The highest BCUT2D eigenvalue weighted by atomic mass is 16.2. The van der Waals surface area contributed by atoms with Gasteiger partial charge in [0.05, 0.1) is 40.4 Å². The van der Waals surface area contributed by atoms with Crippen LogP contribution in [-0.2, 0) is 10.2 Å². The lowest BCUT2D eigenvalue weighted by molar-refractivity contribution is -0.117. The SMILES string of the molecule is CC(C)CCN(C)c1ccccc1C(=O)Nc1cnc2ccccc2c1.CCCC(=O)N(c1ccc(C(C)(C)CC)cc1)c1cnc2ccccc2c1. The van der Waals surface area contributed by atoms with Gasteiger partial charge in [0.1, 0.15) is 0 Å². The molecule has 7 nitrogen and oxygen atoms in total. The number of hydrogen-bond acceptors (Lipinski definition) is 5. The van der Waals surface area contributed by atoms with Crippen molar-refractivity contribution in [1.29, 1.82) is 0 Å². The third kappa shape index (κ3) is 9.86. The molecular weight excluding hydrogens is 655 g/mol. The summed E-state index contributed by atoms with van der Waals surface area (Å²) in [4.78, 5) is 38.7. The van der Waals surface area contributed by atoms with Gasteiger partial charge >= 0.3 is 0 Å². The molecule has 0 saturated heterocycles. The van der Waals surface area contributed by atoms with Crippen molar-refractivity contribution in [2.45, 2.75) is 72.6 Å². The van der Waals surface area contributed by atoms with E-state index >= 15 is 0 Å². The van der Waals surface area contributed by atoms with Crippen LogP contribution in [0.1, 0.15) is 83.1 Å². The number of nitrogens with one attached hydrogen (secondary N) is 1. The van der Waals surface area contributed by atoms with E-state index < -0.39 is 0 Å². The quantitative estimate of drug-likeness (QED) is 0.137. The molecule has 4 aromatic carbocycles. The van der Waals surface area contributed by atoms with E-state index in [9.17, 15) is 9.59 Å². The molecule has 0 spiro atoms. The molecule has 2 aromatic heterocycles. The zero-order valence-electron chi connectivity index (χ0n) is 32.3. The maximum atomic E-state index is 12.9. The number of anilines is 4. The van der Waals surface area contributed by atoms with Crippen LogP contribution in [0.25, 0.3) is 21.8 Å². The lowest BCUT2D eigenvalue weighted by atomic mass is 9.82. The second-order valence-electron chi connectivity index (χ2n) is 14.6. The van der Waals surface area contributed by atoms with Crippen molar-refractivity contribution in [2.24, 2.45) is 5.92 Å². The summed E-state index contributed by atoms with van der Waals surface area (Å²) < 4.78 is 0. The van der Waals surface area contributed by atoms with E-state index in [-0.39, 0.29) is 17.2 Å². The van der Waals surface area contributed by atoms with Crippen LogP contribution in [0.5, 0.6) is 0 Å². The Balaban J connectivity index is 0.000000204. The van der Waals surface area contributed by atoms with Gasteiger partial charge in [-0.1, -0.05) is 102 Å². The molecule has 0 aliphatic carbocycles. The minimum Gasteiger partial charge on any atom is -0.374 e. The zero-order valence-corrected chi connectivity index (χ0v) is 32.3. The third-order valence-electron chi connectivity index (χ3n) is 9.79. The first-order chi connectivity index (χ1) is 25.5. The van der Waals surface area contributed by atoms with Gasteiger partial charge in [-0.3, -0.25) is 24.5 Å². The standard InChI is InChI=1S/C24H28N2O.C22H25N3O/c1-5-9-23(27)26(20-14-12-19(13-15-20)24(3,4)6-2)21-16-18-10-7-8-11-22(18)25-17-21;1-16(2)12-13-25(3)21-11-7-5-9-19(21)22(26)24-18-14-17-8-4-6-10-20(17)23-15-18/h7-8,10-17H,5-6,9H2,1-4H3;4-11,14-16H,12-13H2,1-3H3,(H,24,26). The smallest absolute Gasteiger partial charge is 0.257 e. The average Bonchev–Trinajstić information content (AvgIpc) is 3.17. The molecule has 0 radical (unpaired) electrons. The maximum Gasteiger partial charge on any atom is 0.257 e. The summed E-state index contributed by atoms with van der Waals surface area (Å²) in [6.07, 6.45) is 6.97.